The van der Waals surface area contributed by atoms with E-state index in [1.165, 1.54) is 6.92 Å². The van der Waals surface area contributed by atoms with Gasteiger partial charge in [-0.1, -0.05) is 6.07 Å². The van der Waals surface area contributed by atoms with E-state index in [0.717, 1.165) is 0 Å². The van der Waals surface area contributed by atoms with Crippen LogP contribution in [0.4, 0.5) is 16.2 Å². The lowest BCUT2D eigenvalue weighted by atomic mass is 10.1. The maximum absolute atomic E-state index is 11.8. The molecule has 3 N–H and O–H groups in total. The van der Waals surface area contributed by atoms with Crippen LogP contribution in [-0.4, -0.2) is 38.4 Å². The van der Waals surface area contributed by atoms with Gasteiger partial charge in [-0.05, 0) is 30.5 Å². The highest BCUT2D eigenvalue weighted by Gasteiger charge is 2.27. The molecule has 0 bridgehead atoms. The van der Waals surface area contributed by atoms with Gasteiger partial charge >= 0.3 is 6.03 Å². The van der Waals surface area contributed by atoms with Crippen molar-refractivity contribution in [3.8, 4) is 0 Å². The van der Waals surface area contributed by atoms with Crippen LogP contribution in [0, 0.1) is 5.92 Å². The summed E-state index contributed by atoms with van der Waals surface area (Å²) in [5.74, 6) is 0.107. The van der Waals surface area contributed by atoms with E-state index in [2.05, 4.69) is 16.0 Å². The summed E-state index contributed by atoms with van der Waals surface area (Å²) in [4.78, 5) is 22.8. The number of amides is 3. The summed E-state index contributed by atoms with van der Waals surface area (Å²) in [5.41, 5.74) is 1.13. The van der Waals surface area contributed by atoms with Crippen LogP contribution in [0.3, 0.4) is 0 Å². The quantitative estimate of drug-likeness (QED) is 0.773. The first-order valence-corrected chi connectivity index (χ1v) is 8.79. The van der Waals surface area contributed by atoms with E-state index >= 15 is 0 Å². The first kappa shape index (κ1) is 16.3. The molecule has 8 heteroatoms. The fourth-order valence-corrected chi connectivity index (χ4v) is 4.19. The highest BCUT2D eigenvalue weighted by Crippen LogP contribution is 2.18. The first-order valence-electron chi connectivity index (χ1n) is 6.97. The Balaban J connectivity index is 1.83. The average Bonchev–Trinajstić information content (AvgIpc) is 2.76. The number of hydrogen-bond acceptors (Lipinski definition) is 4. The summed E-state index contributed by atoms with van der Waals surface area (Å²) in [5, 5.41) is 7.95. The average molecular weight is 325 g/mol. The van der Waals surface area contributed by atoms with Crippen molar-refractivity contribution in [3.05, 3.63) is 24.3 Å². The van der Waals surface area contributed by atoms with E-state index in [9.17, 15) is 18.0 Å². The van der Waals surface area contributed by atoms with Crippen molar-refractivity contribution in [2.45, 2.75) is 13.3 Å². The predicted molar refractivity (Wildman–Crippen MR) is 84.5 cm³/mol. The summed E-state index contributed by atoms with van der Waals surface area (Å²) in [6.07, 6.45) is 0.584. The molecule has 1 atom stereocenters. The Bertz CT molecular complexity index is 672. The van der Waals surface area contributed by atoms with Crippen molar-refractivity contribution in [1.82, 2.24) is 5.32 Å². The molecule has 1 heterocycles. The third-order valence-corrected chi connectivity index (χ3v) is 5.16. The van der Waals surface area contributed by atoms with Crippen molar-refractivity contribution < 1.29 is 18.0 Å². The summed E-state index contributed by atoms with van der Waals surface area (Å²) < 4.78 is 22.7. The SMILES string of the molecule is CC(=O)Nc1cccc(NC(=O)NCC2CCS(=O)(=O)C2)c1. The third-order valence-electron chi connectivity index (χ3n) is 3.32. The normalized spacial score (nSPS) is 19.4. The van der Waals surface area contributed by atoms with E-state index in [-0.39, 0.29) is 23.3 Å². The summed E-state index contributed by atoms with van der Waals surface area (Å²) in [7, 11) is -2.93. The highest BCUT2D eigenvalue weighted by atomic mass is 32.2. The molecule has 1 aromatic rings. The molecule has 1 aliphatic rings. The second-order valence-corrected chi connectivity index (χ2v) is 7.59. The van der Waals surface area contributed by atoms with Crippen molar-refractivity contribution >= 4 is 33.2 Å². The summed E-state index contributed by atoms with van der Waals surface area (Å²) in [6.45, 7) is 1.74. The molecule has 0 spiro atoms. The smallest absolute Gasteiger partial charge is 0.319 e. The van der Waals surface area contributed by atoms with Gasteiger partial charge in [0.2, 0.25) is 5.91 Å². The van der Waals surface area contributed by atoms with Gasteiger partial charge < -0.3 is 16.0 Å². The second kappa shape index (κ2) is 6.78. The monoisotopic (exact) mass is 325 g/mol. The number of hydrogen-bond donors (Lipinski definition) is 3. The molecule has 0 radical (unpaired) electrons. The molecule has 1 fully saturated rings. The number of rotatable bonds is 4. The molecule has 22 heavy (non-hydrogen) atoms. The molecule has 2 rings (SSSR count). The summed E-state index contributed by atoms with van der Waals surface area (Å²) in [6, 6.07) is 6.37. The van der Waals surface area contributed by atoms with Crippen LogP contribution in [0.2, 0.25) is 0 Å². The molecule has 7 nitrogen and oxygen atoms in total. The van der Waals surface area contributed by atoms with Crippen LogP contribution >= 0.6 is 0 Å². The number of nitrogens with one attached hydrogen (secondary N) is 3. The Kier molecular flexibility index (Phi) is 5.02. The van der Waals surface area contributed by atoms with Gasteiger partial charge in [-0.25, -0.2) is 13.2 Å². The molecule has 1 unspecified atom stereocenters. The highest BCUT2D eigenvalue weighted by molar-refractivity contribution is 7.91. The van der Waals surface area contributed by atoms with Crippen LogP contribution in [0.1, 0.15) is 13.3 Å². The van der Waals surface area contributed by atoms with Gasteiger partial charge in [0.15, 0.2) is 9.84 Å². The Morgan fingerprint density at radius 3 is 2.50 bits per heavy atom. The van der Waals surface area contributed by atoms with Gasteiger partial charge in [0.05, 0.1) is 11.5 Å². The van der Waals surface area contributed by atoms with Gasteiger partial charge in [-0.15, -0.1) is 0 Å². The molecule has 0 aliphatic carbocycles. The predicted octanol–water partition coefficient (Wildman–Crippen LogP) is 1.20. The third kappa shape index (κ3) is 5.03. The zero-order valence-electron chi connectivity index (χ0n) is 12.3. The molecule has 1 aromatic carbocycles. The van der Waals surface area contributed by atoms with Crippen LogP contribution in [-0.2, 0) is 14.6 Å². The number of benzene rings is 1. The molecule has 3 amide bonds. The Morgan fingerprint density at radius 1 is 1.23 bits per heavy atom. The Labute approximate surface area is 129 Å². The molecular formula is C14H19N3O4S. The number of carbonyl (C=O) groups is 2. The topological polar surface area (TPSA) is 104 Å². The number of urea groups is 1. The standard InChI is InChI=1S/C14H19N3O4S/c1-10(18)16-12-3-2-4-13(7-12)17-14(19)15-8-11-5-6-22(20,21)9-11/h2-4,7,11H,5-6,8-9H2,1H3,(H,16,18)(H2,15,17,19). The van der Waals surface area contributed by atoms with Crippen LogP contribution in [0.5, 0.6) is 0 Å². The van der Waals surface area contributed by atoms with E-state index in [1.54, 1.807) is 24.3 Å². The lowest BCUT2D eigenvalue weighted by Gasteiger charge is -2.11. The van der Waals surface area contributed by atoms with Gasteiger partial charge in [-0.2, -0.15) is 0 Å². The maximum Gasteiger partial charge on any atom is 0.319 e. The molecule has 1 saturated heterocycles. The fourth-order valence-electron chi connectivity index (χ4n) is 2.32. The van der Waals surface area contributed by atoms with Gasteiger partial charge in [0.25, 0.3) is 0 Å². The molecule has 0 aromatic heterocycles. The van der Waals surface area contributed by atoms with Crippen LogP contribution < -0.4 is 16.0 Å². The molecule has 0 saturated carbocycles. The van der Waals surface area contributed by atoms with E-state index in [0.29, 0.717) is 24.3 Å². The zero-order chi connectivity index (χ0) is 16.2. The van der Waals surface area contributed by atoms with E-state index in [4.69, 9.17) is 0 Å². The van der Waals surface area contributed by atoms with E-state index < -0.39 is 15.9 Å². The summed E-state index contributed by atoms with van der Waals surface area (Å²) >= 11 is 0. The van der Waals surface area contributed by atoms with Crippen molar-refractivity contribution in [2.75, 3.05) is 28.7 Å². The molecule has 120 valence electrons. The number of carbonyl (C=O) groups excluding carboxylic acids is 2. The molecule has 1 aliphatic heterocycles. The van der Waals surface area contributed by atoms with Gasteiger partial charge in [-0.3, -0.25) is 4.79 Å². The molecular weight excluding hydrogens is 306 g/mol. The second-order valence-electron chi connectivity index (χ2n) is 5.37. The van der Waals surface area contributed by atoms with Gasteiger partial charge in [0, 0.05) is 24.8 Å². The van der Waals surface area contributed by atoms with Gasteiger partial charge in [0.1, 0.15) is 0 Å². The minimum Gasteiger partial charge on any atom is -0.338 e. The minimum atomic E-state index is -2.93. The van der Waals surface area contributed by atoms with Crippen molar-refractivity contribution in [3.63, 3.8) is 0 Å². The lowest BCUT2D eigenvalue weighted by Crippen LogP contribution is -2.33. The Hall–Kier alpha value is -2.09. The maximum atomic E-state index is 11.8. The van der Waals surface area contributed by atoms with Crippen LogP contribution in [0.15, 0.2) is 24.3 Å². The first-order chi connectivity index (χ1) is 10.3. The van der Waals surface area contributed by atoms with Crippen LogP contribution in [0.25, 0.3) is 0 Å². The lowest BCUT2D eigenvalue weighted by molar-refractivity contribution is -0.114. The number of sulfone groups is 1. The van der Waals surface area contributed by atoms with Crippen molar-refractivity contribution in [1.29, 1.82) is 0 Å². The van der Waals surface area contributed by atoms with Crippen molar-refractivity contribution in [2.24, 2.45) is 5.92 Å². The zero-order valence-corrected chi connectivity index (χ0v) is 13.1. The Morgan fingerprint density at radius 2 is 1.91 bits per heavy atom. The fraction of sp³-hybridized carbons (Fsp3) is 0.429. The number of anilines is 2. The largest absolute Gasteiger partial charge is 0.338 e. The van der Waals surface area contributed by atoms with E-state index in [1.807, 2.05) is 0 Å². The minimum absolute atomic E-state index is 0.0264.